The summed E-state index contributed by atoms with van der Waals surface area (Å²) >= 11 is 3.35. The first-order valence-electron chi connectivity index (χ1n) is 5.31. The highest BCUT2D eigenvalue weighted by Crippen LogP contribution is 2.30. The molecular weight excluding hydrogens is 302 g/mol. The third kappa shape index (κ3) is 1.67. The number of hydrogen-bond acceptors (Lipinski definition) is 5. The number of primary amides is 1. The van der Waals surface area contributed by atoms with E-state index in [0.717, 1.165) is 4.47 Å². The molecule has 0 radical (unpaired) electrons. The van der Waals surface area contributed by atoms with E-state index in [1.54, 1.807) is 11.0 Å². The van der Waals surface area contributed by atoms with Crippen LogP contribution in [-0.2, 0) is 4.79 Å². The highest BCUT2D eigenvalue weighted by atomic mass is 79.9. The molecule has 1 aromatic heterocycles. The fraction of sp³-hybridized carbons (Fsp3) is 0.273. The van der Waals surface area contributed by atoms with Crippen LogP contribution in [-0.4, -0.2) is 34.7 Å². The summed E-state index contributed by atoms with van der Waals surface area (Å²) in [5, 5.41) is 9.74. The molecule has 94 valence electrons. The number of oxazole rings is 1. The number of fused-ring (bicyclic) bond motifs is 1. The molecular formula is C11H10BrN3O3. The van der Waals surface area contributed by atoms with Crippen LogP contribution in [0.3, 0.4) is 0 Å². The Morgan fingerprint density at radius 3 is 2.94 bits per heavy atom. The molecule has 0 aliphatic carbocycles. The molecule has 0 bridgehead atoms. The summed E-state index contributed by atoms with van der Waals surface area (Å²) < 4.78 is 6.44. The van der Waals surface area contributed by atoms with Crippen LogP contribution in [0.15, 0.2) is 27.1 Å². The predicted octanol–water partition coefficient (Wildman–Crippen LogP) is 0.627. The molecule has 1 fully saturated rings. The van der Waals surface area contributed by atoms with Gasteiger partial charge >= 0.3 is 0 Å². The molecule has 1 aliphatic rings. The smallest absolute Gasteiger partial charge is 0.298 e. The first kappa shape index (κ1) is 11.5. The highest BCUT2D eigenvalue weighted by Gasteiger charge is 2.48. The maximum atomic E-state index is 11.0. The van der Waals surface area contributed by atoms with E-state index in [4.69, 9.17) is 10.2 Å². The summed E-state index contributed by atoms with van der Waals surface area (Å²) in [7, 11) is 0. The fourth-order valence-corrected chi connectivity index (χ4v) is 2.25. The van der Waals surface area contributed by atoms with Gasteiger partial charge in [-0.25, -0.2) is 0 Å². The Morgan fingerprint density at radius 1 is 1.56 bits per heavy atom. The number of hydrogen-bond donors (Lipinski definition) is 2. The quantitative estimate of drug-likeness (QED) is 0.848. The zero-order valence-corrected chi connectivity index (χ0v) is 10.8. The maximum Gasteiger partial charge on any atom is 0.298 e. The molecule has 2 aromatic rings. The molecule has 1 saturated heterocycles. The van der Waals surface area contributed by atoms with Crippen molar-refractivity contribution in [3.8, 4) is 0 Å². The van der Waals surface area contributed by atoms with E-state index in [1.165, 1.54) is 0 Å². The Bertz CT molecular complexity index is 633. The van der Waals surface area contributed by atoms with Crippen LogP contribution in [0, 0.1) is 0 Å². The molecule has 2 heterocycles. The lowest BCUT2D eigenvalue weighted by Crippen LogP contribution is -2.68. The van der Waals surface area contributed by atoms with Crippen LogP contribution in [0.1, 0.15) is 0 Å². The van der Waals surface area contributed by atoms with E-state index >= 15 is 0 Å². The van der Waals surface area contributed by atoms with Crippen molar-refractivity contribution in [3.05, 3.63) is 22.7 Å². The van der Waals surface area contributed by atoms with Crippen LogP contribution in [0.2, 0.25) is 0 Å². The van der Waals surface area contributed by atoms with E-state index in [1.807, 2.05) is 12.1 Å². The Kier molecular flexibility index (Phi) is 2.36. The van der Waals surface area contributed by atoms with E-state index in [2.05, 4.69) is 20.9 Å². The monoisotopic (exact) mass is 311 g/mol. The van der Waals surface area contributed by atoms with Gasteiger partial charge in [-0.15, -0.1) is 0 Å². The third-order valence-corrected chi connectivity index (χ3v) is 3.47. The topological polar surface area (TPSA) is 92.6 Å². The predicted molar refractivity (Wildman–Crippen MR) is 68.1 cm³/mol. The van der Waals surface area contributed by atoms with Gasteiger partial charge in [-0.05, 0) is 18.2 Å². The molecule has 1 amide bonds. The number of carbonyl (C=O) groups excluding carboxylic acids is 1. The lowest BCUT2D eigenvalue weighted by molar-refractivity contribution is -0.138. The van der Waals surface area contributed by atoms with Crippen molar-refractivity contribution in [3.63, 3.8) is 0 Å². The third-order valence-electron chi connectivity index (χ3n) is 2.97. The summed E-state index contributed by atoms with van der Waals surface area (Å²) in [6.45, 7) is 0.215. The minimum absolute atomic E-state index is 0.107. The number of nitrogens with two attached hydrogens (primary N) is 1. The number of β-amino-alcohol motifs (C(OH)–C–C–N with tert-alkyl or cyclic N) is 1. The van der Waals surface area contributed by atoms with Crippen molar-refractivity contribution in [1.29, 1.82) is 0 Å². The van der Waals surface area contributed by atoms with Crippen LogP contribution in [0.25, 0.3) is 11.1 Å². The zero-order valence-electron chi connectivity index (χ0n) is 9.26. The summed E-state index contributed by atoms with van der Waals surface area (Å²) in [5.41, 5.74) is 5.00. The number of amides is 1. The molecule has 6 nitrogen and oxygen atoms in total. The fourth-order valence-electron chi connectivity index (χ4n) is 1.90. The van der Waals surface area contributed by atoms with Crippen LogP contribution in [0.4, 0.5) is 6.01 Å². The summed E-state index contributed by atoms with van der Waals surface area (Å²) in [5.74, 6) is -0.724. The number of aliphatic hydroxyl groups is 1. The van der Waals surface area contributed by atoms with Crippen molar-refractivity contribution in [2.24, 2.45) is 5.73 Å². The van der Waals surface area contributed by atoms with E-state index in [9.17, 15) is 9.90 Å². The number of halogens is 1. The van der Waals surface area contributed by atoms with Gasteiger partial charge in [0.2, 0.25) is 0 Å². The average molecular weight is 312 g/mol. The van der Waals surface area contributed by atoms with Gasteiger partial charge < -0.3 is 20.2 Å². The van der Waals surface area contributed by atoms with Gasteiger partial charge in [-0.1, -0.05) is 15.9 Å². The van der Waals surface area contributed by atoms with Crippen LogP contribution in [0.5, 0.6) is 0 Å². The first-order chi connectivity index (χ1) is 8.48. The largest absolute Gasteiger partial charge is 0.423 e. The van der Waals surface area contributed by atoms with E-state index < -0.39 is 11.5 Å². The second-order valence-electron chi connectivity index (χ2n) is 4.36. The standard InChI is InChI=1S/C11H10BrN3O3/c12-6-1-2-8-7(3-6)14-10(18-8)15-4-11(17,5-15)9(13)16/h1-3,17H,4-5H2,(H2,13,16). The Hall–Kier alpha value is -1.60. The van der Waals surface area contributed by atoms with Gasteiger partial charge in [0, 0.05) is 4.47 Å². The normalized spacial score (nSPS) is 17.8. The van der Waals surface area contributed by atoms with Crippen molar-refractivity contribution in [2.75, 3.05) is 18.0 Å². The number of anilines is 1. The van der Waals surface area contributed by atoms with E-state index in [0.29, 0.717) is 17.1 Å². The summed E-state index contributed by atoms with van der Waals surface area (Å²) in [6.07, 6.45) is 0. The molecule has 1 aliphatic heterocycles. The molecule has 7 heteroatoms. The lowest BCUT2D eigenvalue weighted by atomic mass is 9.94. The van der Waals surface area contributed by atoms with Crippen molar-refractivity contribution >= 4 is 39.0 Å². The average Bonchev–Trinajstić information content (AvgIpc) is 2.66. The molecule has 0 unspecified atom stereocenters. The van der Waals surface area contributed by atoms with Crippen LogP contribution < -0.4 is 10.6 Å². The number of aromatic nitrogens is 1. The number of nitrogens with zero attached hydrogens (tertiary/aromatic N) is 2. The molecule has 0 spiro atoms. The highest BCUT2D eigenvalue weighted by molar-refractivity contribution is 9.10. The molecule has 3 N–H and O–H groups in total. The second-order valence-corrected chi connectivity index (χ2v) is 5.28. The van der Waals surface area contributed by atoms with Gasteiger partial charge in [-0.3, -0.25) is 4.79 Å². The van der Waals surface area contributed by atoms with E-state index in [-0.39, 0.29) is 13.1 Å². The number of rotatable bonds is 2. The van der Waals surface area contributed by atoms with Gasteiger partial charge in [-0.2, -0.15) is 4.98 Å². The van der Waals surface area contributed by atoms with Gasteiger partial charge in [0.15, 0.2) is 11.2 Å². The zero-order chi connectivity index (χ0) is 12.9. The van der Waals surface area contributed by atoms with Crippen LogP contribution >= 0.6 is 15.9 Å². The Balaban J connectivity index is 1.87. The van der Waals surface area contributed by atoms with Crippen molar-refractivity contribution in [2.45, 2.75) is 5.60 Å². The van der Waals surface area contributed by atoms with Gasteiger partial charge in [0.25, 0.3) is 11.9 Å². The second kappa shape index (κ2) is 3.69. The Morgan fingerprint density at radius 2 is 2.28 bits per heavy atom. The molecule has 0 atom stereocenters. The number of benzene rings is 1. The van der Waals surface area contributed by atoms with Gasteiger partial charge in [0.1, 0.15) is 5.52 Å². The molecule has 1 aromatic carbocycles. The van der Waals surface area contributed by atoms with Gasteiger partial charge in [0.05, 0.1) is 13.1 Å². The SMILES string of the molecule is NC(=O)C1(O)CN(c2nc3cc(Br)ccc3o2)C1. The Labute approximate surface area is 111 Å². The molecule has 18 heavy (non-hydrogen) atoms. The summed E-state index contributed by atoms with van der Waals surface area (Å²) in [6, 6.07) is 5.87. The minimum atomic E-state index is -1.47. The lowest BCUT2D eigenvalue weighted by Gasteiger charge is -2.42. The maximum absolute atomic E-state index is 11.0. The molecule has 3 rings (SSSR count). The number of carbonyl (C=O) groups is 1. The van der Waals surface area contributed by atoms with Crippen molar-refractivity contribution < 1.29 is 14.3 Å². The first-order valence-corrected chi connectivity index (χ1v) is 6.11. The molecule has 0 saturated carbocycles. The van der Waals surface area contributed by atoms with Crippen molar-refractivity contribution in [1.82, 2.24) is 4.98 Å². The summed E-state index contributed by atoms with van der Waals surface area (Å²) in [4.78, 5) is 16.9. The minimum Gasteiger partial charge on any atom is -0.423 e.